The first-order valence-corrected chi connectivity index (χ1v) is 5.08. The normalized spacial score (nSPS) is 11.2. The first kappa shape index (κ1) is 13.1. The van der Waals surface area contributed by atoms with Crippen LogP contribution in [0.25, 0.3) is 0 Å². The van der Waals surface area contributed by atoms with Gasteiger partial charge >= 0.3 is 0 Å². The minimum absolute atomic E-state index is 0.290. The second-order valence-corrected chi connectivity index (χ2v) is 3.61. The Bertz CT molecular complexity index is 209. The molecule has 14 heavy (non-hydrogen) atoms. The molecule has 0 heterocycles. The molecule has 0 N–H and O–H groups in total. The molecule has 0 rings (SSSR count). The molecule has 0 atom stereocenters. The van der Waals surface area contributed by atoms with Gasteiger partial charge in [0.05, 0.1) is 13.1 Å². The van der Waals surface area contributed by atoms with Gasteiger partial charge in [0.15, 0.2) is 0 Å². The number of rotatable bonds is 8. The third-order valence-electron chi connectivity index (χ3n) is 1.74. The number of thiol groups is 1. The lowest BCUT2D eigenvalue weighted by Gasteiger charge is -2.07. The summed E-state index contributed by atoms with van der Waals surface area (Å²) >= 11 is 4.35. The molecule has 0 bridgehead atoms. The predicted octanol–water partition coefficient (Wildman–Crippen LogP) is 1.52. The maximum absolute atomic E-state index is 9.73. The van der Waals surface area contributed by atoms with Crippen molar-refractivity contribution < 1.29 is 9.59 Å². The lowest BCUT2D eigenvalue weighted by atomic mass is 10.1. The summed E-state index contributed by atoms with van der Waals surface area (Å²) in [5.41, 5.74) is 0. The fourth-order valence-electron chi connectivity index (χ4n) is 1.05. The number of hydrogen-bond donors (Lipinski definition) is 1. The third-order valence-corrected chi connectivity index (χ3v) is 2.26. The van der Waals surface area contributed by atoms with Gasteiger partial charge in [-0.1, -0.05) is 0 Å². The standard InChI is InChI=1S/C9H14N2O2S/c12-7-10-5-1-3-9(14)4-2-6-11-8-13/h9,14H,1-6H2. The van der Waals surface area contributed by atoms with Gasteiger partial charge in [0.25, 0.3) is 0 Å². The average molecular weight is 214 g/mol. The van der Waals surface area contributed by atoms with Crippen molar-refractivity contribution in [3.05, 3.63) is 0 Å². The van der Waals surface area contributed by atoms with Gasteiger partial charge in [-0.2, -0.15) is 12.6 Å². The first-order valence-electron chi connectivity index (χ1n) is 4.56. The van der Waals surface area contributed by atoms with Crippen LogP contribution in [0.4, 0.5) is 0 Å². The van der Waals surface area contributed by atoms with Crippen molar-refractivity contribution in [2.75, 3.05) is 13.1 Å². The largest absolute Gasteiger partial charge is 0.234 e. The zero-order valence-corrected chi connectivity index (χ0v) is 8.87. The van der Waals surface area contributed by atoms with Crippen LogP contribution < -0.4 is 0 Å². The number of hydrogen-bond acceptors (Lipinski definition) is 5. The van der Waals surface area contributed by atoms with E-state index in [0.717, 1.165) is 25.7 Å². The highest BCUT2D eigenvalue weighted by Crippen LogP contribution is 2.11. The molecular weight excluding hydrogens is 200 g/mol. The van der Waals surface area contributed by atoms with Crippen LogP contribution in [0, 0.1) is 0 Å². The molecule has 0 unspecified atom stereocenters. The number of aliphatic imine (C=N–C) groups is 2. The van der Waals surface area contributed by atoms with Crippen molar-refractivity contribution in [1.29, 1.82) is 0 Å². The minimum atomic E-state index is 0.290. The molecule has 78 valence electrons. The molecule has 0 aliphatic rings. The van der Waals surface area contributed by atoms with Crippen LogP contribution in [0.5, 0.6) is 0 Å². The van der Waals surface area contributed by atoms with E-state index in [-0.39, 0.29) is 0 Å². The second-order valence-electron chi connectivity index (χ2n) is 2.88. The Morgan fingerprint density at radius 2 is 1.43 bits per heavy atom. The Hall–Kier alpha value is -0.890. The van der Waals surface area contributed by atoms with Crippen LogP contribution in [0.3, 0.4) is 0 Å². The van der Waals surface area contributed by atoms with Crippen LogP contribution in [0.15, 0.2) is 9.98 Å². The highest BCUT2D eigenvalue weighted by Gasteiger charge is 2.01. The Morgan fingerprint density at radius 1 is 1.00 bits per heavy atom. The SMILES string of the molecule is O=C=NCCCC(S)CCCN=C=O. The van der Waals surface area contributed by atoms with E-state index in [2.05, 4.69) is 22.6 Å². The molecular formula is C9H14N2O2S. The first-order chi connectivity index (χ1) is 6.81. The van der Waals surface area contributed by atoms with E-state index in [4.69, 9.17) is 0 Å². The maximum atomic E-state index is 9.73. The molecule has 0 amide bonds. The Morgan fingerprint density at radius 3 is 1.79 bits per heavy atom. The van der Waals surface area contributed by atoms with E-state index in [1.165, 1.54) is 12.2 Å². The van der Waals surface area contributed by atoms with E-state index in [1.807, 2.05) is 0 Å². The summed E-state index contributed by atoms with van der Waals surface area (Å²) < 4.78 is 0. The number of isocyanates is 2. The van der Waals surface area contributed by atoms with Crippen LogP contribution >= 0.6 is 12.6 Å². The molecule has 0 saturated carbocycles. The summed E-state index contributed by atoms with van der Waals surface area (Å²) in [6.45, 7) is 1.04. The molecule has 4 nitrogen and oxygen atoms in total. The summed E-state index contributed by atoms with van der Waals surface area (Å²) in [5, 5.41) is 0.290. The summed E-state index contributed by atoms with van der Waals surface area (Å²) in [6, 6.07) is 0. The molecule has 0 aromatic carbocycles. The fraction of sp³-hybridized carbons (Fsp3) is 0.778. The monoisotopic (exact) mass is 214 g/mol. The molecule has 0 aromatic rings. The van der Waals surface area contributed by atoms with E-state index in [0.29, 0.717) is 18.3 Å². The van der Waals surface area contributed by atoms with E-state index in [9.17, 15) is 9.59 Å². The van der Waals surface area contributed by atoms with E-state index < -0.39 is 0 Å². The predicted molar refractivity (Wildman–Crippen MR) is 57.2 cm³/mol. The van der Waals surface area contributed by atoms with E-state index in [1.54, 1.807) is 0 Å². The van der Waals surface area contributed by atoms with Crippen LogP contribution in [0.1, 0.15) is 25.7 Å². The van der Waals surface area contributed by atoms with Crippen molar-refractivity contribution in [2.24, 2.45) is 9.98 Å². The number of carbonyl (C=O) groups excluding carboxylic acids is 2. The van der Waals surface area contributed by atoms with Gasteiger partial charge in [-0.25, -0.2) is 19.6 Å². The van der Waals surface area contributed by atoms with E-state index >= 15 is 0 Å². The van der Waals surface area contributed by atoms with Crippen molar-refractivity contribution in [3.8, 4) is 0 Å². The molecule has 0 fully saturated rings. The molecule has 0 spiro atoms. The summed E-state index contributed by atoms with van der Waals surface area (Å²) in [5.74, 6) is 0. The van der Waals surface area contributed by atoms with Gasteiger partial charge in [-0.3, -0.25) is 0 Å². The highest BCUT2D eigenvalue weighted by molar-refractivity contribution is 7.80. The van der Waals surface area contributed by atoms with Gasteiger partial charge in [-0.05, 0) is 25.7 Å². The Balaban J connectivity index is 3.31. The third kappa shape index (κ3) is 9.20. The average Bonchev–Trinajstić information content (AvgIpc) is 2.19. The van der Waals surface area contributed by atoms with Crippen molar-refractivity contribution >= 4 is 24.8 Å². The maximum Gasteiger partial charge on any atom is 0.234 e. The molecule has 0 aliphatic carbocycles. The lowest BCUT2D eigenvalue weighted by Crippen LogP contribution is -2.00. The second kappa shape index (κ2) is 10.2. The van der Waals surface area contributed by atoms with Crippen molar-refractivity contribution in [2.45, 2.75) is 30.9 Å². The van der Waals surface area contributed by atoms with Crippen LogP contribution in [0.2, 0.25) is 0 Å². The molecule has 0 saturated heterocycles. The zero-order valence-electron chi connectivity index (χ0n) is 7.98. The number of nitrogens with zero attached hydrogens (tertiary/aromatic N) is 2. The van der Waals surface area contributed by atoms with Gasteiger partial charge < -0.3 is 0 Å². The Labute approximate surface area is 88.9 Å². The quantitative estimate of drug-likeness (QED) is 0.288. The summed E-state index contributed by atoms with van der Waals surface area (Å²) in [7, 11) is 0. The summed E-state index contributed by atoms with van der Waals surface area (Å²) in [4.78, 5) is 26.4. The zero-order chi connectivity index (χ0) is 10.6. The lowest BCUT2D eigenvalue weighted by molar-refractivity contribution is 0.560. The molecule has 0 aliphatic heterocycles. The van der Waals surface area contributed by atoms with Crippen molar-refractivity contribution in [3.63, 3.8) is 0 Å². The Kier molecular flexibility index (Phi) is 9.54. The van der Waals surface area contributed by atoms with Gasteiger partial charge in [0.2, 0.25) is 12.2 Å². The van der Waals surface area contributed by atoms with Gasteiger partial charge in [-0.15, -0.1) is 0 Å². The van der Waals surface area contributed by atoms with Gasteiger partial charge in [0.1, 0.15) is 0 Å². The molecule has 5 heteroatoms. The van der Waals surface area contributed by atoms with Crippen molar-refractivity contribution in [1.82, 2.24) is 0 Å². The fourth-order valence-corrected chi connectivity index (χ4v) is 1.41. The smallest absolute Gasteiger partial charge is 0.211 e. The minimum Gasteiger partial charge on any atom is -0.211 e. The molecule has 0 radical (unpaired) electrons. The van der Waals surface area contributed by atoms with Gasteiger partial charge in [0, 0.05) is 5.25 Å². The highest BCUT2D eigenvalue weighted by atomic mass is 32.1. The van der Waals surface area contributed by atoms with Crippen LogP contribution in [-0.2, 0) is 9.59 Å². The van der Waals surface area contributed by atoms with Crippen LogP contribution in [-0.4, -0.2) is 30.5 Å². The topological polar surface area (TPSA) is 58.9 Å². The summed E-state index contributed by atoms with van der Waals surface area (Å²) in [6.07, 6.45) is 6.51. The molecule has 0 aromatic heterocycles.